The Morgan fingerprint density at radius 3 is 2.39 bits per heavy atom. The number of carbonyl (C=O) groups is 1. The molecular formula is C29H26N2O4S. The van der Waals surface area contributed by atoms with Crippen molar-refractivity contribution in [2.45, 2.75) is 6.61 Å². The normalized spacial score (nSPS) is 13.3. The predicted molar refractivity (Wildman–Crippen MR) is 145 cm³/mol. The molecule has 1 amide bonds. The van der Waals surface area contributed by atoms with Gasteiger partial charge in [0.05, 0.1) is 18.2 Å². The van der Waals surface area contributed by atoms with Gasteiger partial charge in [0.1, 0.15) is 6.61 Å². The Morgan fingerprint density at radius 1 is 0.861 bits per heavy atom. The largest absolute Gasteiger partial charge is 0.444 e. The van der Waals surface area contributed by atoms with Gasteiger partial charge in [-0.05, 0) is 40.5 Å². The van der Waals surface area contributed by atoms with Crippen molar-refractivity contribution < 1.29 is 14.3 Å². The van der Waals surface area contributed by atoms with Gasteiger partial charge in [0.25, 0.3) is 0 Å². The molecule has 7 heteroatoms. The number of ether oxygens (including phenoxy) is 2. The van der Waals surface area contributed by atoms with Gasteiger partial charge >= 0.3 is 6.09 Å². The Labute approximate surface area is 213 Å². The minimum absolute atomic E-state index is 0.00484. The van der Waals surface area contributed by atoms with Gasteiger partial charge in [0.2, 0.25) is 0 Å². The smallest absolute Gasteiger partial charge is 0.411 e. The Balaban J connectivity index is 1.28. The second-order valence-corrected chi connectivity index (χ2v) is 9.50. The van der Waals surface area contributed by atoms with E-state index in [2.05, 4.69) is 16.3 Å². The zero-order valence-corrected chi connectivity index (χ0v) is 20.5. The number of nitrogens with zero attached hydrogens (tertiary/aromatic N) is 1. The van der Waals surface area contributed by atoms with Crippen molar-refractivity contribution in [1.29, 1.82) is 0 Å². The Hall–Kier alpha value is -3.94. The second-order valence-electron chi connectivity index (χ2n) is 8.44. The summed E-state index contributed by atoms with van der Waals surface area (Å²) in [6.07, 6.45) is -0.497. The molecule has 1 N–H and O–H groups in total. The van der Waals surface area contributed by atoms with Crippen LogP contribution in [0.3, 0.4) is 0 Å². The Kier molecular flexibility index (Phi) is 7.40. The predicted octanol–water partition coefficient (Wildman–Crippen LogP) is 6.03. The van der Waals surface area contributed by atoms with Crippen LogP contribution < -0.4 is 15.6 Å². The van der Waals surface area contributed by atoms with Crippen LogP contribution in [0, 0.1) is 0 Å². The van der Waals surface area contributed by atoms with Crippen molar-refractivity contribution in [3.63, 3.8) is 0 Å². The van der Waals surface area contributed by atoms with Crippen LogP contribution >= 0.6 is 11.3 Å². The lowest BCUT2D eigenvalue weighted by atomic mass is 10.0. The molecule has 0 radical (unpaired) electrons. The fourth-order valence-electron chi connectivity index (χ4n) is 4.02. The topological polar surface area (TPSA) is 67.9 Å². The van der Waals surface area contributed by atoms with Crippen LogP contribution in [0.2, 0.25) is 0 Å². The maximum atomic E-state index is 12.4. The monoisotopic (exact) mass is 498 g/mol. The number of nitrogens with one attached hydrogen (secondary N) is 1. The lowest BCUT2D eigenvalue weighted by Gasteiger charge is -2.28. The Bertz CT molecular complexity index is 1380. The molecule has 0 bridgehead atoms. The third-order valence-electron chi connectivity index (χ3n) is 5.90. The second kappa shape index (κ2) is 11.2. The summed E-state index contributed by atoms with van der Waals surface area (Å²) in [4.78, 5) is 27.7. The molecule has 3 aromatic carbocycles. The van der Waals surface area contributed by atoms with Gasteiger partial charge in [0.15, 0.2) is 5.43 Å². The van der Waals surface area contributed by atoms with Crippen molar-refractivity contribution in [3.8, 4) is 21.6 Å². The summed E-state index contributed by atoms with van der Waals surface area (Å²) in [7, 11) is 0. The number of rotatable bonds is 6. The van der Waals surface area contributed by atoms with Gasteiger partial charge in [0, 0.05) is 35.8 Å². The highest BCUT2D eigenvalue weighted by Gasteiger charge is 2.14. The Morgan fingerprint density at radius 2 is 1.61 bits per heavy atom. The highest BCUT2D eigenvalue weighted by atomic mass is 32.1. The van der Waals surface area contributed by atoms with Crippen LogP contribution in [-0.4, -0.2) is 32.4 Å². The number of hydrogen-bond donors (Lipinski definition) is 1. The SMILES string of the molecule is O=C(Nc1ccc(-c2cccc(-c3cc(=O)cc(N4CCOCC4)s3)c2)cc1)OCc1ccccc1. The van der Waals surface area contributed by atoms with E-state index in [0.717, 1.165) is 45.2 Å². The highest BCUT2D eigenvalue weighted by Crippen LogP contribution is 2.33. The van der Waals surface area contributed by atoms with E-state index < -0.39 is 6.09 Å². The summed E-state index contributed by atoms with van der Waals surface area (Å²) in [5.41, 5.74) is 4.63. The molecule has 0 unspecified atom stereocenters. The van der Waals surface area contributed by atoms with E-state index in [9.17, 15) is 9.59 Å². The van der Waals surface area contributed by atoms with E-state index in [1.54, 1.807) is 23.5 Å². The lowest BCUT2D eigenvalue weighted by Crippen LogP contribution is -2.36. The van der Waals surface area contributed by atoms with Crippen molar-refractivity contribution in [3.05, 3.63) is 107 Å². The van der Waals surface area contributed by atoms with Crippen LogP contribution in [0.15, 0.2) is 95.8 Å². The third kappa shape index (κ3) is 6.00. The summed E-state index contributed by atoms with van der Waals surface area (Å²) in [5, 5.41) is 3.74. The van der Waals surface area contributed by atoms with E-state index in [0.29, 0.717) is 18.9 Å². The first kappa shape index (κ1) is 23.8. The van der Waals surface area contributed by atoms with Gasteiger partial charge in [-0.1, -0.05) is 60.7 Å². The molecular weight excluding hydrogens is 472 g/mol. The van der Waals surface area contributed by atoms with E-state index in [4.69, 9.17) is 9.47 Å². The molecule has 0 spiro atoms. The van der Waals surface area contributed by atoms with Crippen LogP contribution in [0.25, 0.3) is 21.6 Å². The highest BCUT2D eigenvalue weighted by molar-refractivity contribution is 7.19. The summed E-state index contributed by atoms with van der Waals surface area (Å²) in [6.45, 7) is 3.15. The number of amides is 1. The number of carbonyl (C=O) groups excluding carboxylic acids is 1. The first-order valence-corrected chi connectivity index (χ1v) is 12.6. The number of hydrogen-bond acceptors (Lipinski definition) is 6. The van der Waals surface area contributed by atoms with Crippen molar-refractivity contribution >= 4 is 28.1 Å². The van der Waals surface area contributed by atoms with Crippen LogP contribution in [-0.2, 0) is 16.1 Å². The average Bonchev–Trinajstić information content (AvgIpc) is 2.93. The van der Waals surface area contributed by atoms with E-state index in [1.807, 2.05) is 72.8 Å². The first-order chi connectivity index (χ1) is 17.6. The molecule has 1 aliphatic rings. The number of benzene rings is 3. The third-order valence-corrected chi connectivity index (χ3v) is 7.06. The fourth-order valence-corrected chi connectivity index (χ4v) is 5.15. The summed E-state index contributed by atoms with van der Waals surface area (Å²) < 4.78 is 10.7. The molecule has 1 fully saturated rings. The molecule has 0 saturated carbocycles. The van der Waals surface area contributed by atoms with Gasteiger partial charge in [-0.3, -0.25) is 10.1 Å². The van der Waals surface area contributed by atoms with E-state index >= 15 is 0 Å². The zero-order chi connectivity index (χ0) is 24.7. The van der Waals surface area contributed by atoms with Gasteiger partial charge in [-0.15, -0.1) is 11.3 Å². The van der Waals surface area contributed by atoms with E-state index in [-0.39, 0.29) is 12.0 Å². The van der Waals surface area contributed by atoms with Gasteiger partial charge < -0.3 is 14.4 Å². The molecule has 1 aromatic heterocycles. The quantitative estimate of drug-likeness (QED) is 0.352. The molecule has 0 aliphatic carbocycles. The summed E-state index contributed by atoms with van der Waals surface area (Å²) >= 11 is 1.62. The number of anilines is 2. The molecule has 1 aliphatic heterocycles. The first-order valence-electron chi connectivity index (χ1n) is 11.8. The molecule has 2 heterocycles. The molecule has 5 rings (SSSR count). The van der Waals surface area contributed by atoms with Crippen LogP contribution in [0.5, 0.6) is 0 Å². The summed E-state index contributed by atoms with van der Waals surface area (Å²) in [6, 6.07) is 28.7. The summed E-state index contributed by atoms with van der Waals surface area (Å²) in [5.74, 6) is 0. The fraction of sp³-hybridized carbons (Fsp3) is 0.172. The van der Waals surface area contributed by atoms with Crippen molar-refractivity contribution in [2.24, 2.45) is 0 Å². The molecule has 36 heavy (non-hydrogen) atoms. The molecule has 182 valence electrons. The van der Waals surface area contributed by atoms with Gasteiger partial charge in [-0.25, -0.2) is 4.79 Å². The van der Waals surface area contributed by atoms with Crippen LogP contribution in [0.1, 0.15) is 5.56 Å². The molecule has 4 aromatic rings. The van der Waals surface area contributed by atoms with Gasteiger partial charge in [-0.2, -0.15) is 0 Å². The molecule has 1 saturated heterocycles. The van der Waals surface area contributed by atoms with E-state index in [1.165, 1.54) is 0 Å². The van der Waals surface area contributed by atoms with Crippen molar-refractivity contribution in [2.75, 3.05) is 36.5 Å². The standard InChI is InChI=1S/C29H26N2O4S/c32-26-18-27(36-28(19-26)31-13-15-34-16-14-31)24-8-4-7-23(17-24)22-9-11-25(12-10-22)30-29(33)35-20-21-5-2-1-3-6-21/h1-12,17-19H,13-16,20H2,(H,30,33). The number of morpholine rings is 1. The maximum absolute atomic E-state index is 12.4. The van der Waals surface area contributed by atoms with Crippen LogP contribution in [0.4, 0.5) is 15.5 Å². The maximum Gasteiger partial charge on any atom is 0.411 e. The average molecular weight is 499 g/mol. The minimum atomic E-state index is -0.497. The molecule has 6 nitrogen and oxygen atoms in total. The zero-order valence-electron chi connectivity index (χ0n) is 19.7. The van der Waals surface area contributed by atoms with Crippen molar-refractivity contribution in [1.82, 2.24) is 0 Å². The molecule has 0 atom stereocenters. The lowest BCUT2D eigenvalue weighted by molar-refractivity contribution is 0.123. The minimum Gasteiger partial charge on any atom is -0.444 e.